The fourth-order valence-corrected chi connectivity index (χ4v) is 6.13. The van der Waals surface area contributed by atoms with Gasteiger partial charge < -0.3 is 14.7 Å². The zero-order valence-electron chi connectivity index (χ0n) is 19.8. The number of hydrogen-bond acceptors (Lipinski definition) is 6. The summed E-state index contributed by atoms with van der Waals surface area (Å²) in [7, 11) is 0. The van der Waals surface area contributed by atoms with Crippen molar-refractivity contribution in [3.05, 3.63) is 52.7 Å². The van der Waals surface area contributed by atoms with Crippen molar-refractivity contribution in [3.8, 4) is 0 Å². The zero-order chi connectivity index (χ0) is 26.1. The Morgan fingerprint density at radius 1 is 1.00 bits per heavy atom. The van der Waals surface area contributed by atoms with E-state index in [9.17, 15) is 26.3 Å². The summed E-state index contributed by atoms with van der Waals surface area (Å²) >= 11 is 0. The second-order valence-electron chi connectivity index (χ2n) is 10.2. The average Bonchev–Trinajstić information content (AvgIpc) is 3.52. The van der Waals surface area contributed by atoms with E-state index in [4.69, 9.17) is 4.52 Å². The van der Waals surface area contributed by atoms with Crippen LogP contribution < -0.4 is 10.2 Å². The largest absolute Gasteiger partial charge is 0.410 e. The van der Waals surface area contributed by atoms with E-state index in [0.29, 0.717) is 19.0 Å². The number of rotatable bonds is 4. The zero-order valence-corrected chi connectivity index (χ0v) is 19.8. The third-order valence-electron chi connectivity index (χ3n) is 7.87. The van der Waals surface area contributed by atoms with E-state index < -0.39 is 35.6 Å². The fourth-order valence-electron chi connectivity index (χ4n) is 6.13. The highest BCUT2D eigenvalue weighted by Crippen LogP contribution is 2.45. The Bertz CT molecular complexity index is 1310. The van der Waals surface area contributed by atoms with Crippen LogP contribution in [0.3, 0.4) is 0 Å². The van der Waals surface area contributed by atoms with Crippen molar-refractivity contribution >= 4 is 11.8 Å². The molecule has 7 nitrogen and oxygen atoms in total. The van der Waals surface area contributed by atoms with Gasteiger partial charge in [0.1, 0.15) is 11.9 Å². The van der Waals surface area contributed by atoms with Crippen LogP contribution in [-0.2, 0) is 0 Å². The van der Waals surface area contributed by atoms with Crippen molar-refractivity contribution in [1.29, 1.82) is 0 Å². The van der Waals surface area contributed by atoms with E-state index in [1.54, 1.807) is 0 Å². The van der Waals surface area contributed by atoms with Gasteiger partial charge in [0, 0.05) is 36.7 Å². The van der Waals surface area contributed by atoms with Gasteiger partial charge in [-0.3, -0.25) is 0 Å². The Morgan fingerprint density at radius 2 is 1.73 bits per heavy atom. The number of aryl methyl sites for hydroxylation is 1. The molecule has 1 saturated heterocycles. The van der Waals surface area contributed by atoms with Crippen LogP contribution in [0.4, 0.5) is 38.2 Å². The van der Waals surface area contributed by atoms with Crippen LogP contribution >= 0.6 is 0 Å². The van der Waals surface area contributed by atoms with Gasteiger partial charge in [-0.1, -0.05) is 11.2 Å². The van der Waals surface area contributed by atoms with Crippen LogP contribution in [-0.4, -0.2) is 45.2 Å². The summed E-state index contributed by atoms with van der Waals surface area (Å²) < 4.78 is 89.8. The average molecular weight is 526 g/mol. The van der Waals surface area contributed by atoms with Crippen LogP contribution in [0.1, 0.15) is 54.7 Å². The number of anilines is 2. The molecule has 3 unspecified atom stereocenters. The Morgan fingerprint density at radius 3 is 2.38 bits per heavy atom. The summed E-state index contributed by atoms with van der Waals surface area (Å²) in [4.78, 5) is 6.47. The molecule has 6 rings (SSSR count). The van der Waals surface area contributed by atoms with Gasteiger partial charge in [-0.05, 0) is 50.5 Å². The number of aromatic nitrogens is 4. The first-order valence-corrected chi connectivity index (χ1v) is 12.2. The summed E-state index contributed by atoms with van der Waals surface area (Å²) in [5.74, 6) is -4.50. The highest BCUT2D eigenvalue weighted by Gasteiger charge is 2.48. The monoisotopic (exact) mass is 526 g/mol. The Kier molecular flexibility index (Phi) is 5.64. The molecule has 37 heavy (non-hydrogen) atoms. The smallest absolute Gasteiger partial charge is 0.350 e. The number of benzene rings is 1. The van der Waals surface area contributed by atoms with E-state index in [0.717, 1.165) is 35.4 Å². The van der Waals surface area contributed by atoms with Gasteiger partial charge in [0.05, 0.1) is 5.69 Å². The topological polar surface area (TPSA) is 72.0 Å². The Labute approximate surface area is 207 Å². The number of alkyl halides is 3. The van der Waals surface area contributed by atoms with Gasteiger partial charge in [0.25, 0.3) is 0 Å². The molecule has 4 heterocycles. The molecule has 1 aromatic carbocycles. The summed E-state index contributed by atoms with van der Waals surface area (Å²) in [6.45, 7) is 3.21. The van der Waals surface area contributed by atoms with Gasteiger partial charge in [-0.25, -0.2) is 17.9 Å². The molecule has 0 spiro atoms. The predicted molar refractivity (Wildman–Crippen MR) is 120 cm³/mol. The van der Waals surface area contributed by atoms with Crippen LogP contribution in [0.15, 0.2) is 22.7 Å². The number of nitrogens with one attached hydrogen (secondary N) is 1. The maximum absolute atomic E-state index is 14.6. The molecule has 2 fully saturated rings. The second kappa shape index (κ2) is 8.66. The molecule has 3 aliphatic rings. The molecular weight excluding hydrogens is 502 g/mol. The highest BCUT2D eigenvalue weighted by molar-refractivity contribution is 5.40. The van der Waals surface area contributed by atoms with Crippen molar-refractivity contribution in [2.45, 2.75) is 56.8 Å². The molecule has 3 aromatic rings. The van der Waals surface area contributed by atoms with Gasteiger partial charge >= 0.3 is 6.18 Å². The first-order valence-electron chi connectivity index (χ1n) is 12.2. The van der Waals surface area contributed by atoms with E-state index in [1.165, 1.54) is 0 Å². The molecule has 13 heteroatoms. The van der Waals surface area contributed by atoms with Crippen LogP contribution in [0.25, 0.3) is 0 Å². The number of fused-ring (bicyclic) bond motifs is 3. The van der Waals surface area contributed by atoms with Crippen LogP contribution in [0.5, 0.6) is 0 Å². The number of piperidine rings is 1. The fraction of sp³-hybridized carbons (Fsp3) is 0.542. The SMILES string of the molecule is Cc1cc(N2C[C@H]3CC[C@@H](C2)C3Nc2nc3n(n2)C(C(F)(F)F)CCC3c2ccc(F)c(F)c2F)on1. The van der Waals surface area contributed by atoms with Crippen molar-refractivity contribution in [1.82, 2.24) is 19.9 Å². The van der Waals surface area contributed by atoms with Crippen molar-refractivity contribution in [2.24, 2.45) is 11.8 Å². The lowest BCUT2D eigenvalue weighted by atomic mass is 9.88. The predicted octanol–water partition coefficient (Wildman–Crippen LogP) is 5.35. The Balaban J connectivity index is 1.30. The quantitative estimate of drug-likeness (QED) is 0.365. The molecular formula is C24H24F6N6O. The van der Waals surface area contributed by atoms with E-state index in [1.807, 2.05) is 13.0 Å². The molecule has 1 aliphatic carbocycles. The molecule has 1 N–H and O–H groups in total. The maximum atomic E-state index is 14.6. The lowest BCUT2D eigenvalue weighted by Crippen LogP contribution is -2.48. The van der Waals surface area contributed by atoms with E-state index >= 15 is 0 Å². The van der Waals surface area contributed by atoms with Gasteiger partial charge in [-0.15, -0.1) is 5.10 Å². The summed E-state index contributed by atoms with van der Waals surface area (Å²) in [6.07, 6.45) is -3.27. The molecule has 2 aliphatic heterocycles. The summed E-state index contributed by atoms with van der Waals surface area (Å²) in [5, 5.41) is 11.3. The minimum absolute atomic E-state index is 0.0185. The van der Waals surface area contributed by atoms with Crippen molar-refractivity contribution in [3.63, 3.8) is 0 Å². The normalized spacial score (nSPS) is 27.4. The molecule has 2 bridgehead atoms. The molecule has 5 atom stereocenters. The number of halogens is 6. The molecule has 0 radical (unpaired) electrons. The lowest BCUT2D eigenvalue weighted by molar-refractivity contribution is -0.175. The van der Waals surface area contributed by atoms with E-state index in [-0.39, 0.29) is 48.1 Å². The van der Waals surface area contributed by atoms with Crippen LogP contribution in [0.2, 0.25) is 0 Å². The van der Waals surface area contributed by atoms with E-state index in [2.05, 4.69) is 25.5 Å². The standard InChI is InChI=1S/C24H24F6N6O/c1-11-8-18(37-34-11)35-9-12-2-3-13(10-35)21(12)31-23-32-22-15(14-4-6-16(25)20(27)19(14)26)5-7-17(24(28,29)30)36(22)33-23/h4,6,8,12-13,15,17,21H,2-3,5,7,9-10H2,1H3,(H,31,33)/t12-,13+,15?,17?,21?. The van der Waals surface area contributed by atoms with Gasteiger partial charge in [-0.2, -0.15) is 18.2 Å². The molecule has 1 saturated carbocycles. The maximum Gasteiger partial charge on any atom is 0.410 e. The highest BCUT2D eigenvalue weighted by atomic mass is 19.4. The molecule has 0 amide bonds. The van der Waals surface area contributed by atoms with Gasteiger partial charge in [0.15, 0.2) is 17.5 Å². The lowest BCUT2D eigenvalue weighted by Gasteiger charge is -2.37. The molecule has 198 valence electrons. The first-order chi connectivity index (χ1) is 17.6. The summed E-state index contributed by atoms with van der Waals surface area (Å²) in [6, 6.07) is 1.69. The van der Waals surface area contributed by atoms with Crippen LogP contribution in [0, 0.1) is 36.2 Å². The number of nitrogens with zero attached hydrogens (tertiary/aromatic N) is 5. The first kappa shape index (κ1) is 24.1. The third-order valence-corrected chi connectivity index (χ3v) is 7.87. The molecule has 2 aromatic heterocycles. The Hall–Kier alpha value is -3.25. The van der Waals surface area contributed by atoms with Gasteiger partial charge in [0.2, 0.25) is 11.8 Å². The number of hydrogen-bond donors (Lipinski definition) is 1. The minimum atomic E-state index is -4.60. The second-order valence-corrected chi connectivity index (χ2v) is 10.2. The van der Waals surface area contributed by atoms with Crippen molar-refractivity contribution < 1.29 is 30.9 Å². The van der Waals surface area contributed by atoms with Crippen molar-refractivity contribution in [2.75, 3.05) is 23.3 Å². The summed E-state index contributed by atoms with van der Waals surface area (Å²) in [5.41, 5.74) is 0.539. The minimum Gasteiger partial charge on any atom is -0.350 e. The third kappa shape index (κ3) is 4.11.